The molecule has 2 fully saturated rings. The minimum Gasteiger partial charge on any atom is -0.497 e. The summed E-state index contributed by atoms with van der Waals surface area (Å²) in [6.45, 7) is 6.96. The third-order valence-electron chi connectivity index (χ3n) is 13.0. The molecule has 0 aromatic heterocycles. The molecule has 0 saturated carbocycles. The molecule has 4 aromatic rings. The zero-order valence-electron chi connectivity index (χ0n) is 33.7. The first kappa shape index (κ1) is 40.1. The number of nitrogens with zero attached hydrogens (tertiary/aromatic N) is 5. The van der Waals surface area contributed by atoms with Crippen molar-refractivity contribution in [2.24, 2.45) is 11.0 Å². The Morgan fingerprint density at radius 3 is 2.42 bits per heavy atom. The van der Waals surface area contributed by atoms with Crippen LogP contribution >= 0.6 is 0 Å². The van der Waals surface area contributed by atoms with Crippen LogP contribution < -0.4 is 19.8 Å². The number of carbonyl (C=O) groups excluding carboxylic acids is 3. The number of likely N-dealkylation sites (tertiary alicyclic amines) is 1. The van der Waals surface area contributed by atoms with E-state index in [4.69, 9.17) is 14.6 Å². The van der Waals surface area contributed by atoms with Crippen LogP contribution in [0, 0.1) is 16.0 Å². The summed E-state index contributed by atoms with van der Waals surface area (Å²) in [4.78, 5) is 57.6. The molecule has 4 heterocycles. The molecule has 3 amide bonds. The number of benzene rings is 4. The van der Waals surface area contributed by atoms with Crippen molar-refractivity contribution in [1.29, 1.82) is 0 Å². The molecule has 1 N–H and O–H groups in total. The molecular formula is C45H49N5O8Si. The lowest BCUT2D eigenvalue weighted by Crippen LogP contribution is -2.52. The van der Waals surface area contributed by atoms with Gasteiger partial charge in [-0.15, -0.1) is 0 Å². The maximum atomic E-state index is 15.3. The summed E-state index contributed by atoms with van der Waals surface area (Å²) < 4.78 is 12.6. The molecule has 0 unspecified atom stereocenters. The molecular weight excluding hydrogens is 767 g/mol. The third-order valence-corrected chi connectivity index (χ3v) is 17.3. The highest BCUT2D eigenvalue weighted by Gasteiger charge is 2.67. The van der Waals surface area contributed by atoms with Gasteiger partial charge in [0.2, 0.25) is 11.8 Å². The lowest BCUT2D eigenvalue weighted by atomic mass is 9.82. The van der Waals surface area contributed by atoms with Gasteiger partial charge in [-0.3, -0.25) is 24.5 Å². The number of methoxy groups -OCH3 is 1. The molecule has 13 nitrogen and oxygen atoms in total. The molecule has 4 aliphatic heterocycles. The largest absolute Gasteiger partial charge is 0.497 e. The van der Waals surface area contributed by atoms with E-state index >= 15 is 4.79 Å². The summed E-state index contributed by atoms with van der Waals surface area (Å²) in [6.07, 6.45) is 1.69. The first-order valence-corrected chi connectivity index (χ1v) is 23.3. The van der Waals surface area contributed by atoms with Crippen molar-refractivity contribution in [3.63, 3.8) is 0 Å². The molecule has 0 radical (unpaired) electrons. The lowest BCUT2D eigenvalue weighted by Gasteiger charge is -2.37. The number of hydrogen-bond donors (Lipinski definition) is 1. The number of ether oxygens (including phenoxy) is 2. The number of anilines is 2. The Kier molecular flexibility index (Phi) is 10.7. The molecule has 8 rings (SSSR count). The first-order valence-electron chi connectivity index (χ1n) is 20.3. The fraction of sp³-hybridized carbons (Fsp3) is 0.378. The maximum Gasteiger partial charge on any atom is 0.269 e. The van der Waals surface area contributed by atoms with E-state index in [1.54, 1.807) is 23.0 Å². The molecule has 1 spiro atoms. The van der Waals surface area contributed by atoms with Crippen molar-refractivity contribution in [2.45, 2.75) is 82.0 Å². The van der Waals surface area contributed by atoms with Crippen molar-refractivity contribution < 1.29 is 33.9 Å². The predicted molar refractivity (Wildman–Crippen MR) is 226 cm³/mol. The van der Waals surface area contributed by atoms with E-state index in [2.05, 4.69) is 13.1 Å². The van der Waals surface area contributed by atoms with Gasteiger partial charge in [-0.1, -0.05) is 79.8 Å². The second-order valence-corrected chi connectivity index (χ2v) is 21.2. The highest BCUT2D eigenvalue weighted by Crippen LogP contribution is 2.60. The Morgan fingerprint density at radius 1 is 1.02 bits per heavy atom. The lowest BCUT2D eigenvalue weighted by molar-refractivity contribution is -0.385. The van der Waals surface area contributed by atoms with Gasteiger partial charge in [-0.2, -0.15) is 5.10 Å². The van der Waals surface area contributed by atoms with Gasteiger partial charge in [-0.25, -0.2) is 5.01 Å². The van der Waals surface area contributed by atoms with Crippen LogP contribution in [0.15, 0.2) is 102 Å². The number of non-ortho nitro benzene ring substituents is 1. The van der Waals surface area contributed by atoms with E-state index in [9.17, 15) is 24.8 Å². The Morgan fingerprint density at radius 2 is 1.75 bits per heavy atom. The summed E-state index contributed by atoms with van der Waals surface area (Å²) in [5.41, 5.74) is 2.03. The second kappa shape index (κ2) is 15.8. The minimum atomic E-state index is -2.62. The van der Waals surface area contributed by atoms with Gasteiger partial charge in [0.1, 0.15) is 5.75 Å². The van der Waals surface area contributed by atoms with Crippen molar-refractivity contribution >= 4 is 53.8 Å². The van der Waals surface area contributed by atoms with E-state index in [1.165, 1.54) is 17.1 Å². The highest BCUT2D eigenvalue weighted by atomic mass is 28.3. The molecule has 5 atom stereocenters. The van der Waals surface area contributed by atoms with E-state index in [1.807, 2.05) is 85.8 Å². The van der Waals surface area contributed by atoms with Crippen LogP contribution in [0.2, 0.25) is 18.6 Å². The fourth-order valence-corrected chi connectivity index (χ4v) is 13.9. The summed E-state index contributed by atoms with van der Waals surface area (Å²) in [5, 5.41) is 29.6. The number of amides is 3. The van der Waals surface area contributed by atoms with Crippen LogP contribution in [0.1, 0.15) is 55.7 Å². The van der Waals surface area contributed by atoms with Gasteiger partial charge in [0.05, 0.1) is 68.9 Å². The van der Waals surface area contributed by atoms with Crippen molar-refractivity contribution in [3.8, 4) is 5.75 Å². The number of nitro groups is 1. The van der Waals surface area contributed by atoms with Gasteiger partial charge in [0.25, 0.3) is 11.6 Å². The molecule has 306 valence electrons. The third kappa shape index (κ3) is 7.02. The molecule has 0 aliphatic carbocycles. The number of rotatable bonds is 11. The van der Waals surface area contributed by atoms with Crippen molar-refractivity contribution in [2.75, 3.05) is 30.2 Å². The number of nitro benzene ring substituents is 1. The molecule has 4 aromatic carbocycles. The standard InChI is InChI=1S/C45H49N5O8Si/c1-29-43(59(3,4)36-19-17-35(57-2)18-20-36)40(26-42(53)47-24-8-11-34(47)28-51)58-45(29)37-25-33(50(55)56)16-22-39(37)48(44(45)54)27-30-12-14-32(15-13-30)49-41(52)23-21-38(46-49)31-9-6-5-7-10-31/h5-7,9-10,12-20,22,25,29,34,40,43,51H,8,11,21,23-24,26-28H2,1-4H3/t29-,34+,40+,43-,45+/m1/s1. The highest BCUT2D eigenvalue weighted by molar-refractivity contribution is 6.91. The minimum absolute atomic E-state index is 0.00251. The van der Waals surface area contributed by atoms with Crippen molar-refractivity contribution in [1.82, 2.24) is 4.90 Å². The Balaban J connectivity index is 1.15. The van der Waals surface area contributed by atoms with E-state index < -0.39 is 30.6 Å². The topological polar surface area (TPSA) is 155 Å². The van der Waals surface area contributed by atoms with Crippen LogP contribution in [0.5, 0.6) is 5.75 Å². The Bertz CT molecular complexity index is 2300. The smallest absolute Gasteiger partial charge is 0.269 e. The zero-order valence-corrected chi connectivity index (χ0v) is 34.7. The van der Waals surface area contributed by atoms with Crippen LogP contribution in [-0.4, -0.2) is 78.8 Å². The number of aliphatic hydroxyl groups is 1. The number of carbonyl (C=O) groups is 3. The van der Waals surface area contributed by atoms with Crippen LogP contribution in [0.4, 0.5) is 17.1 Å². The predicted octanol–water partition coefficient (Wildman–Crippen LogP) is 6.27. The summed E-state index contributed by atoms with van der Waals surface area (Å²) in [6, 6.07) is 29.2. The van der Waals surface area contributed by atoms with E-state index in [-0.39, 0.29) is 54.6 Å². The normalized spacial score (nSPS) is 24.2. The average Bonchev–Trinajstić information content (AvgIpc) is 3.92. The maximum absolute atomic E-state index is 15.3. The Hall–Kier alpha value is -5.70. The van der Waals surface area contributed by atoms with Crippen LogP contribution in [0.25, 0.3) is 0 Å². The number of aliphatic hydroxyl groups excluding tert-OH is 1. The van der Waals surface area contributed by atoms with E-state index in [0.717, 1.165) is 28.4 Å². The van der Waals surface area contributed by atoms with Crippen LogP contribution in [-0.2, 0) is 31.3 Å². The number of hydrogen-bond acceptors (Lipinski definition) is 9. The SMILES string of the molecule is COc1ccc([Si](C)(C)[C@H]2[C@H](CC(=O)N3CCC[C@H]3CO)O[C@@]3(C(=O)N(Cc4ccc(N5N=C(c6ccccc6)CCC5=O)cc4)c4ccc([N+](=O)[O-])cc43)[C@@H]2C)cc1. The van der Waals surface area contributed by atoms with Crippen LogP contribution in [0.3, 0.4) is 0 Å². The van der Waals surface area contributed by atoms with E-state index in [0.29, 0.717) is 48.5 Å². The van der Waals surface area contributed by atoms with Gasteiger partial charge < -0.3 is 24.4 Å². The number of hydrazone groups is 1. The summed E-state index contributed by atoms with van der Waals surface area (Å²) in [7, 11) is -1.01. The van der Waals surface area contributed by atoms with Gasteiger partial charge >= 0.3 is 0 Å². The monoisotopic (exact) mass is 815 g/mol. The first-order chi connectivity index (χ1) is 28.4. The summed E-state index contributed by atoms with van der Waals surface area (Å²) >= 11 is 0. The summed E-state index contributed by atoms with van der Waals surface area (Å²) in [5.74, 6) is -0.378. The quantitative estimate of drug-likeness (QED) is 0.106. The van der Waals surface area contributed by atoms with Gasteiger partial charge in [-0.05, 0) is 59.8 Å². The molecule has 14 heteroatoms. The zero-order chi connectivity index (χ0) is 41.6. The molecule has 4 aliphatic rings. The average molecular weight is 816 g/mol. The number of fused-ring (bicyclic) bond motifs is 2. The van der Waals surface area contributed by atoms with Gasteiger partial charge in [0.15, 0.2) is 5.60 Å². The molecule has 0 bridgehead atoms. The van der Waals surface area contributed by atoms with Crippen molar-refractivity contribution in [3.05, 3.63) is 124 Å². The molecule has 59 heavy (non-hydrogen) atoms. The molecule has 2 saturated heterocycles. The van der Waals surface area contributed by atoms with Gasteiger partial charge in [0, 0.05) is 43.0 Å². The second-order valence-electron chi connectivity index (χ2n) is 16.6. The fourth-order valence-electron chi connectivity index (χ4n) is 9.93. The Labute approximate surface area is 344 Å².